The standard InChI is InChI=1S/C6H2Cl2F2IN/c7-3-2(5(9)10)1-12-6(11)4(3)8/h1,5H. The van der Waals surface area contributed by atoms with E-state index >= 15 is 0 Å². The van der Waals surface area contributed by atoms with E-state index in [1.54, 1.807) is 0 Å². The molecule has 0 radical (unpaired) electrons. The fourth-order valence-corrected chi connectivity index (χ4v) is 1.56. The van der Waals surface area contributed by atoms with Gasteiger partial charge in [-0.05, 0) is 22.6 Å². The van der Waals surface area contributed by atoms with Gasteiger partial charge >= 0.3 is 0 Å². The van der Waals surface area contributed by atoms with E-state index in [1.165, 1.54) is 0 Å². The van der Waals surface area contributed by atoms with Crippen molar-refractivity contribution in [2.24, 2.45) is 0 Å². The Morgan fingerprint density at radius 1 is 1.33 bits per heavy atom. The second-order valence-electron chi connectivity index (χ2n) is 1.93. The molecule has 1 rings (SSSR count). The first-order valence-corrected chi connectivity index (χ1v) is 4.65. The average molecular weight is 324 g/mol. The first kappa shape index (κ1) is 10.4. The van der Waals surface area contributed by atoms with Crippen molar-refractivity contribution in [1.82, 2.24) is 4.98 Å². The van der Waals surface area contributed by atoms with Gasteiger partial charge in [-0.3, -0.25) is 0 Å². The average Bonchev–Trinajstić information content (AvgIpc) is 2.00. The van der Waals surface area contributed by atoms with Crippen molar-refractivity contribution in [3.05, 3.63) is 25.5 Å². The van der Waals surface area contributed by atoms with Gasteiger partial charge in [-0.15, -0.1) is 0 Å². The van der Waals surface area contributed by atoms with E-state index in [-0.39, 0.29) is 15.6 Å². The van der Waals surface area contributed by atoms with E-state index in [9.17, 15) is 8.78 Å². The molecule has 0 amide bonds. The quantitative estimate of drug-likeness (QED) is 0.563. The number of hydrogen-bond acceptors (Lipinski definition) is 1. The summed E-state index contributed by atoms with van der Waals surface area (Å²) in [7, 11) is 0. The molecule has 0 N–H and O–H groups in total. The summed E-state index contributed by atoms with van der Waals surface area (Å²) in [6, 6.07) is 0. The van der Waals surface area contributed by atoms with Crippen LogP contribution in [0.4, 0.5) is 8.78 Å². The van der Waals surface area contributed by atoms with E-state index in [2.05, 4.69) is 4.98 Å². The van der Waals surface area contributed by atoms with Crippen LogP contribution in [0, 0.1) is 3.70 Å². The molecule has 0 aliphatic heterocycles. The SMILES string of the molecule is FC(F)c1cnc(I)c(Cl)c1Cl. The van der Waals surface area contributed by atoms with Crippen LogP contribution in [-0.2, 0) is 0 Å². The largest absolute Gasteiger partial charge is 0.266 e. The predicted octanol–water partition coefficient (Wildman–Crippen LogP) is 3.93. The van der Waals surface area contributed by atoms with Gasteiger partial charge < -0.3 is 0 Å². The molecule has 12 heavy (non-hydrogen) atoms. The lowest BCUT2D eigenvalue weighted by Crippen LogP contribution is -1.91. The van der Waals surface area contributed by atoms with Gasteiger partial charge in [0.05, 0.1) is 15.6 Å². The van der Waals surface area contributed by atoms with E-state index in [4.69, 9.17) is 23.2 Å². The van der Waals surface area contributed by atoms with Crippen LogP contribution in [0.15, 0.2) is 6.20 Å². The van der Waals surface area contributed by atoms with Crippen LogP contribution < -0.4 is 0 Å². The molecule has 6 heteroatoms. The maximum Gasteiger partial charge on any atom is 0.266 e. The van der Waals surface area contributed by atoms with E-state index in [0.717, 1.165) is 6.20 Å². The van der Waals surface area contributed by atoms with Crippen molar-refractivity contribution in [3.63, 3.8) is 0 Å². The molecule has 0 spiro atoms. The van der Waals surface area contributed by atoms with Crippen LogP contribution >= 0.6 is 45.8 Å². The molecular weight excluding hydrogens is 322 g/mol. The Morgan fingerprint density at radius 3 is 2.42 bits per heavy atom. The van der Waals surface area contributed by atoms with Crippen LogP contribution in [0.25, 0.3) is 0 Å². The second-order valence-corrected chi connectivity index (χ2v) is 3.71. The Hall–Kier alpha value is 0.320. The minimum Gasteiger partial charge on any atom is -0.248 e. The first-order valence-electron chi connectivity index (χ1n) is 2.81. The zero-order valence-electron chi connectivity index (χ0n) is 5.49. The molecule has 1 nitrogen and oxygen atoms in total. The normalized spacial score (nSPS) is 10.8. The smallest absolute Gasteiger partial charge is 0.248 e. The van der Waals surface area contributed by atoms with Gasteiger partial charge in [0.15, 0.2) is 0 Å². The third-order valence-electron chi connectivity index (χ3n) is 1.18. The van der Waals surface area contributed by atoms with Gasteiger partial charge in [0.1, 0.15) is 3.70 Å². The molecule has 0 atom stereocenters. The molecule has 0 fully saturated rings. The molecule has 1 aromatic heterocycles. The number of halogens is 5. The van der Waals surface area contributed by atoms with Crippen molar-refractivity contribution in [2.45, 2.75) is 6.43 Å². The minimum absolute atomic E-state index is 0.0788. The summed E-state index contributed by atoms with van der Waals surface area (Å²) in [5, 5.41) is -0.0406. The van der Waals surface area contributed by atoms with Crippen molar-refractivity contribution in [3.8, 4) is 0 Å². The summed E-state index contributed by atoms with van der Waals surface area (Å²) in [4.78, 5) is 3.65. The lowest BCUT2D eigenvalue weighted by molar-refractivity contribution is 0.151. The number of rotatable bonds is 1. The van der Waals surface area contributed by atoms with Gasteiger partial charge in [0.2, 0.25) is 0 Å². The van der Waals surface area contributed by atoms with Crippen LogP contribution in [0.2, 0.25) is 10.0 Å². The van der Waals surface area contributed by atoms with Gasteiger partial charge in [-0.2, -0.15) is 0 Å². The number of pyridine rings is 1. The first-order chi connectivity index (χ1) is 5.54. The fourth-order valence-electron chi connectivity index (χ4n) is 0.609. The Morgan fingerprint density at radius 2 is 1.92 bits per heavy atom. The van der Waals surface area contributed by atoms with E-state index < -0.39 is 6.43 Å². The highest BCUT2D eigenvalue weighted by Crippen LogP contribution is 2.33. The fraction of sp³-hybridized carbons (Fsp3) is 0.167. The van der Waals surface area contributed by atoms with Crippen molar-refractivity contribution in [1.29, 1.82) is 0 Å². The lowest BCUT2D eigenvalue weighted by Gasteiger charge is -2.04. The Kier molecular flexibility index (Phi) is 3.48. The van der Waals surface area contributed by atoms with E-state index in [0.29, 0.717) is 3.70 Å². The van der Waals surface area contributed by atoms with Crippen molar-refractivity contribution >= 4 is 45.8 Å². The lowest BCUT2D eigenvalue weighted by atomic mass is 10.3. The molecule has 0 bridgehead atoms. The second kappa shape index (κ2) is 4.02. The zero-order valence-corrected chi connectivity index (χ0v) is 9.16. The highest BCUT2D eigenvalue weighted by molar-refractivity contribution is 14.1. The van der Waals surface area contributed by atoms with Gasteiger partial charge in [-0.25, -0.2) is 13.8 Å². The van der Waals surface area contributed by atoms with Crippen molar-refractivity contribution in [2.75, 3.05) is 0 Å². The third-order valence-corrected chi connectivity index (χ3v) is 3.19. The molecule has 66 valence electrons. The van der Waals surface area contributed by atoms with Gasteiger partial charge in [0.25, 0.3) is 6.43 Å². The predicted molar refractivity (Wildman–Crippen MR) is 51.9 cm³/mol. The summed E-state index contributed by atoms with van der Waals surface area (Å²) in [6.07, 6.45) is -1.61. The molecule has 1 aromatic rings. The number of nitrogens with zero attached hydrogens (tertiary/aromatic N) is 1. The highest BCUT2D eigenvalue weighted by atomic mass is 127. The van der Waals surface area contributed by atoms with Gasteiger partial charge in [-0.1, -0.05) is 23.2 Å². The Labute approximate surface area is 91.2 Å². The Bertz CT molecular complexity index is 306. The topological polar surface area (TPSA) is 12.9 Å². The summed E-state index contributed by atoms with van der Waals surface area (Å²) >= 11 is 12.9. The number of alkyl halides is 2. The summed E-state index contributed by atoms with van der Waals surface area (Å²) < 4.78 is 24.7. The maximum absolute atomic E-state index is 12.2. The molecule has 0 saturated heterocycles. The molecule has 1 heterocycles. The highest BCUT2D eigenvalue weighted by Gasteiger charge is 2.16. The number of hydrogen-bond donors (Lipinski definition) is 0. The molecule has 0 saturated carbocycles. The van der Waals surface area contributed by atoms with Crippen molar-refractivity contribution < 1.29 is 8.78 Å². The monoisotopic (exact) mass is 323 g/mol. The molecular formula is C6H2Cl2F2IN. The molecule has 0 aromatic carbocycles. The molecule has 0 unspecified atom stereocenters. The van der Waals surface area contributed by atoms with Crippen LogP contribution in [0.5, 0.6) is 0 Å². The van der Waals surface area contributed by atoms with Crippen LogP contribution in [-0.4, -0.2) is 4.98 Å². The van der Waals surface area contributed by atoms with Crippen LogP contribution in [0.1, 0.15) is 12.0 Å². The zero-order chi connectivity index (χ0) is 9.30. The third kappa shape index (κ3) is 1.97. The summed E-state index contributed by atoms with van der Waals surface area (Å²) in [5.74, 6) is 0. The maximum atomic E-state index is 12.2. The van der Waals surface area contributed by atoms with Gasteiger partial charge in [0, 0.05) is 6.20 Å². The molecule has 0 aliphatic rings. The molecule has 0 aliphatic carbocycles. The summed E-state index contributed by atoms with van der Waals surface area (Å²) in [5.41, 5.74) is -0.331. The van der Waals surface area contributed by atoms with E-state index in [1.807, 2.05) is 22.6 Å². The summed E-state index contributed by atoms with van der Waals surface area (Å²) in [6.45, 7) is 0. The minimum atomic E-state index is -2.64. The number of aromatic nitrogens is 1. The van der Waals surface area contributed by atoms with Crippen LogP contribution in [0.3, 0.4) is 0 Å². The Balaban J connectivity index is 3.27.